The van der Waals surface area contributed by atoms with Gasteiger partial charge in [0.15, 0.2) is 0 Å². The molecule has 0 radical (unpaired) electrons. The third kappa shape index (κ3) is 5.24. The van der Waals surface area contributed by atoms with E-state index in [0.717, 1.165) is 43.1 Å². The van der Waals surface area contributed by atoms with Crippen LogP contribution in [0.5, 0.6) is 0 Å². The van der Waals surface area contributed by atoms with Crippen LogP contribution in [0.3, 0.4) is 0 Å². The number of aromatic nitrogens is 3. The molecular formula is C22H28FN5. The van der Waals surface area contributed by atoms with Gasteiger partial charge in [-0.2, -0.15) is 15.0 Å². The molecule has 5 nitrogen and oxygen atoms in total. The van der Waals surface area contributed by atoms with Crippen molar-refractivity contribution in [2.75, 3.05) is 26.2 Å². The predicted molar refractivity (Wildman–Crippen MR) is 110 cm³/mol. The highest BCUT2D eigenvalue weighted by atomic mass is 19.1. The molecule has 1 N–H and O–H groups in total. The summed E-state index contributed by atoms with van der Waals surface area (Å²) < 4.78 is 14.0. The molecular weight excluding hydrogens is 353 g/mol. The summed E-state index contributed by atoms with van der Waals surface area (Å²) in [5, 5.41) is 12.8. The fourth-order valence-corrected chi connectivity index (χ4v) is 3.16. The number of hydrogen-bond acceptors (Lipinski definition) is 4. The molecule has 0 aliphatic carbocycles. The standard InChI is InChI=1S/C22H28FN5/c1-3-27(4-2)15-14-24-16-21-22(18-10-6-5-7-11-18)26-28(25-21)17-19-12-8-9-13-20(19)23/h5-13,24H,3-4,14-17H2,1-2H3. The van der Waals surface area contributed by atoms with Gasteiger partial charge >= 0.3 is 0 Å². The van der Waals surface area contributed by atoms with Gasteiger partial charge < -0.3 is 10.2 Å². The van der Waals surface area contributed by atoms with Gasteiger partial charge in [0.1, 0.15) is 17.2 Å². The Kier molecular flexibility index (Phi) is 7.28. The van der Waals surface area contributed by atoms with E-state index in [1.807, 2.05) is 36.4 Å². The van der Waals surface area contributed by atoms with Gasteiger partial charge in [-0.1, -0.05) is 62.4 Å². The molecule has 148 valence electrons. The molecule has 0 spiro atoms. The summed E-state index contributed by atoms with van der Waals surface area (Å²) in [5.74, 6) is -0.236. The van der Waals surface area contributed by atoms with Crippen LogP contribution in [0.1, 0.15) is 25.1 Å². The lowest BCUT2D eigenvalue weighted by Gasteiger charge is -2.17. The third-order valence-electron chi connectivity index (χ3n) is 4.83. The van der Waals surface area contributed by atoms with E-state index < -0.39 is 0 Å². The van der Waals surface area contributed by atoms with Crippen molar-refractivity contribution in [3.8, 4) is 11.3 Å². The van der Waals surface area contributed by atoms with E-state index >= 15 is 0 Å². The largest absolute Gasteiger partial charge is 0.310 e. The first-order chi connectivity index (χ1) is 13.7. The van der Waals surface area contributed by atoms with E-state index in [1.54, 1.807) is 16.9 Å². The Morgan fingerprint density at radius 1 is 0.964 bits per heavy atom. The quantitative estimate of drug-likeness (QED) is 0.546. The van der Waals surface area contributed by atoms with E-state index in [9.17, 15) is 4.39 Å². The average molecular weight is 381 g/mol. The molecule has 6 heteroatoms. The van der Waals surface area contributed by atoms with Gasteiger partial charge in [0.05, 0.1) is 6.54 Å². The molecule has 0 unspecified atom stereocenters. The van der Waals surface area contributed by atoms with Gasteiger partial charge in [0, 0.05) is 30.8 Å². The second-order valence-electron chi connectivity index (χ2n) is 6.69. The zero-order chi connectivity index (χ0) is 19.8. The molecule has 0 atom stereocenters. The molecule has 0 aliphatic rings. The highest BCUT2D eigenvalue weighted by Crippen LogP contribution is 2.20. The summed E-state index contributed by atoms with van der Waals surface area (Å²) in [6.07, 6.45) is 0. The maximum atomic E-state index is 14.0. The van der Waals surface area contributed by atoms with Gasteiger partial charge in [0.25, 0.3) is 0 Å². The summed E-state index contributed by atoms with van der Waals surface area (Å²) >= 11 is 0. The molecule has 0 amide bonds. The number of hydrogen-bond donors (Lipinski definition) is 1. The van der Waals surface area contributed by atoms with E-state index in [2.05, 4.69) is 34.3 Å². The lowest BCUT2D eigenvalue weighted by Crippen LogP contribution is -2.31. The van der Waals surface area contributed by atoms with Crippen LogP contribution in [0.25, 0.3) is 11.3 Å². The smallest absolute Gasteiger partial charge is 0.128 e. The predicted octanol–water partition coefficient (Wildman–Crippen LogP) is 3.56. The summed E-state index contributed by atoms with van der Waals surface area (Å²) in [6.45, 7) is 9.26. The summed E-state index contributed by atoms with van der Waals surface area (Å²) in [5.41, 5.74) is 3.32. The summed E-state index contributed by atoms with van der Waals surface area (Å²) in [4.78, 5) is 3.96. The fourth-order valence-electron chi connectivity index (χ4n) is 3.16. The Balaban J connectivity index is 1.75. The zero-order valence-corrected chi connectivity index (χ0v) is 16.6. The topological polar surface area (TPSA) is 46.0 Å². The van der Waals surface area contributed by atoms with Crippen molar-refractivity contribution in [1.29, 1.82) is 0 Å². The Morgan fingerprint density at radius 3 is 2.39 bits per heavy atom. The van der Waals surface area contributed by atoms with Crippen LogP contribution < -0.4 is 5.32 Å². The molecule has 28 heavy (non-hydrogen) atoms. The fraction of sp³-hybridized carbons (Fsp3) is 0.364. The first-order valence-corrected chi connectivity index (χ1v) is 9.87. The van der Waals surface area contributed by atoms with Gasteiger partial charge in [-0.15, -0.1) is 0 Å². The Bertz CT molecular complexity index is 858. The highest BCUT2D eigenvalue weighted by Gasteiger charge is 2.14. The normalized spacial score (nSPS) is 11.3. The van der Waals surface area contributed by atoms with Crippen LogP contribution in [0, 0.1) is 5.82 Å². The molecule has 0 saturated carbocycles. The van der Waals surface area contributed by atoms with Crippen LogP contribution in [-0.4, -0.2) is 46.1 Å². The minimum atomic E-state index is -0.236. The maximum Gasteiger partial charge on any atom is 0.128 e. The number of likely N-dealkylation sites (N-methyl/N-ethyl adjacent to an activating group) is 1. The van der Waals surface area contributed by atoms with E-state index in [0.29, 0.717) is 18.7 Å². The Morgan fingerprint density at radius 2 is 1.68 bits per heavy atom. The second kappa shape index (κ2) is 10.1. The van der Waals surface area contributed by atoms with Crippen molar-refractivity contribution < 1.29 is 4.39 Å². The highest BCUT2D eigenvalue weighted by molar-refractivity contribution is 5.60. The molecule has 3 rings (SSSR count). The first-order valence-electron chi connectivity index (χ1n) is 9.87. The number of nitrogens with one attached hydrogen (secondary N) is 1. The van der Waals surface area contributed by atoms with E-state index in [-0.39, 0.29) is 5.82 Å². The number of halogens is 1. The van der Waals surface area contributed by atoms with E-state index in [4.69, 9.17) is 0 Å². The lowest BCUT2D eigenvalue weighted by atomic mass is 10.1. The summed E-state index contributed by atoms with van der Waals surface area (Å²) in [7, 11) is 0. The van der Waals surface area contributed by atoms with Crippen molar-refractivity contribution in [2.24, 2.45) is 0 Å². The third-order valence-corrected chi connectivity index (χ3v) is 4.83. The molecule has 0 bridgehead atoms. The monoisotopic (exact) mass is 381 g/mol. The minimum Gasteiger partial charge on any atom is -0.310 e. The number of rotatable bonds is 10. The molecule has 0 fully saturated rings. The van der Waals surface area contributed by atoms with Crippen molar-refractivity contribution in [3.05, 3.63) is 71.7 Å². The van der Waals surface area contributed by atoms with Crippen LogP contribution in [-0.2, 0) is 13.1 Å². The van der Waals surface area contributed by atoms with Crippen LogP contribution in [0.15, 0.2) is 54.6 Å². The first kappa shape index (κ1) is 20.2. The molecule has 1 aromatic heterocycles. The zero-order valence-electron chi connectivity index (χ0n) is 16.6. The van der Waals surface area contributed by atoms with Crippen LogP contribution in [0.4, 0.5) is 4.39 Å². The number of nitrogens with zero attached hydrogens (tertiary/aromatic N) is 4. The van der Waals surface area contributed by atoms with Gasteiger partial charge in [-0.25, -0.2) is 4.39 Å². The SMILES string of the molecule is CCN(CC)CCNCc1nn(Cc2ccccc2F)nc1-c1ccccc1. The van der Waals surface area contributed by atoms with Crippen LogP contribution in [0.2, 0.25) is 0 Å². The molecule has 0 aliphatic heterocycles. The van der Waals surface area contributed by atoms with Crippen LogP contribution >= 0.6 is 0 Å². The Labute approximate surface area is 166 Å². The van der Waals surface area contributed by atoms with Gasteiger partial charge in [-0.3, -0.25) is 0 Å². The molecule has 2 aromatic carbocycles. The Hall–Kier alpha value is -2.57. The average Bonchev–Trinajstić information content (AvgIpc) is 3.13. The molecule has 0 saturated heterocycles. The van der Waals surface area contributed by atoms with Gasteiger partial charge in [0.2, 0.25) is 0 Å². The van der Waals surface area contributed by atoms with Crippen molar-refractivity contribution >= 4 is 0 Å². The van der Waals surface area contributed by atoms with E-state index in [1.165, 1.54) is 6.07 Å². The summed E-state index contributed by atoms with van der Waals surface area (Å²) in [6, 6.07) is 16.8. The molecule has 3 aromatic rings. The van der Waals surface area contributed by atoms with Crippen molar-refractivity contribution in [1.82, 2.24) is 25.2 Å². The van der Waals surface area contributed by atoms with Crippen molar-refractivity contribution in [2.45, 2.75) is 26.9 Å². The lowest BCUT2D eigenvalue weighted by molar-refractivity contribution is 0.302. The minimum absolute atomic E-state index is 0.236. The molecule has 1 heterocycles. The van der Waals surface area contributed by atoms with Gasteiger partial charge in [-0.05, 0) is 19.2 Å². The second-order valence-corrected chi connectivity index (χ2v) is 6.69. The maximum absolute atomic E-state index is 14.0. The number of benzene rings is 2. The van der Waals surface area contributed by atoms with Crippen molar-refractivity contribution in [3.63, 3.8) is 0 Å².